The first-order chi connectivity index (χ1) is 13.2. The van der Waals surface area contributed by atoms with Crippen LogP contribution in [0.4, 0.5) is 10.2 Å². The van der Waals surface area contributed by atoms with Gasteiger partial charge in [0, 0.05) is 6.20 Å². The highest BCUT2D eigenvalue weighted by molar-refractivity contribution is 5.68. The Morgan fingerprint density at radius 1 is 1.07 bits per heavy atom. The number of nitrogens with one attached hydrogen (secondary N) is 1. The fraction of sp³-hybridized carbons (Fsp3) is 0.167. The average Bonchev–Trinajstić information content (AvgIpc) is 3.11. The first-order valence-electron chi connectivity index (χ1n) is 8.24. The Morgan fingerprint density at radius 2 is 1.89 bits per heavy atom. The van der Waals surface area contributed by atoms with Crippen molar-refractivity contribution >= 4 is 11.5 Å². The van der Waals surface area contributed by atoms with Gasteiger partial charge in [-0.15, -0.1) is 5.10 Å². The Balaban J connectivity index is 1.68. The molecule has 0 bridgehead atoms. The number of aromatic nitrogens is 6. The standard InChI is InChI=1S/C18H16FN7O/c1-11(17-22-8-12(19)9-23-17)24-15-5-6-16-21-10-14(26(16)25-15)13-4-3-7-20-18(13)27-2/h3-11H,1-2H3,(H,24,25)/t11-/m1/s1. The van der Waals surface area contributed by atoms with Crippen LogP contribution in [0, 0.1) is 5.82 Å². The van der Waals surface area contributed by atoms with E-state index < -0.39 is 5.82 Å². The summed E-state index contributed by atoms with van der Waals surface area (Å²) in [6.07, 6.45) is 5.66. The van der Waals surface area contributed by atoms with Crippen LogP contribution in [0.1, 0.15) is 18.8 Å². The second kappa shape index (κ2) is 6.94. The van der Waals surface area contributed by atoms with E-state index in [4.69, 9.17) is 4.74 Å². The number of hydrogen-bond donors (Lipinski definition) is 1. The van der Waals surface area contributed by atoms with Crippen LogP contribution >= 0.6 is 0 Å². The Morgan fingerprint density at radius 3 is 2.67 bits per heavy atom. The summed E-state index contributed by atoms with van der Waals surface area (Å²) in [5, 5.41) is 7.81. The largest absolute Gasteiger partial charge is 0.481 e. The molecule has 8 nitrogen and oxygen atoms in total. The van der Waals surface area contributed by atoms with E-state index in [9.17, 15) is 4.39 Å². The molecular formula is C18H16FN7O. The minimum absolute atomic E-state index is 0.254. The number of fused-ring (bicyclic) bond motifs is 1. The Labute approximate surface area is 154 Å². The molecule has 0 saturated heterocycles. The third-order valence-electron chi connectivity index (χ3n) is 3.99. The second-order valence-electron chi connectivity index (χ2n) is 5.82. The number of pyridine rings is 1. The molecule has 0 unspecified atom stereocenters. The Hall–Kier alpha value is -3.62. The summed E-state index contributed by atoms with van der Waals surface area (Å²) >= 11 is 0. The summed E-state index contributed by atoms with van der Waals surface area (Å²) in [5.41, 5.74) is 2.23. The number of ether oxygens (including phenoxy) is 1. The summed E-state index contributed by atoms with van der Waals surface area (Å²) in [5.74, 6) is 1.09. The Kier molecular flexibility index (Phi) is 4.33. The van der Waals surface area contributed by atoms with E-state index in [0.717, 1.165) is 23.7 Å². The second-order valence-corrected chi connectivity index (χ2v) is 5.82. The molecule has 1 atom stereocenters. The van der Waals surface area contributed by atoms with Crippen molar-refractivity contribution in [2.24, 2.45) is 0 Å². The van der Waals surface area contributed by atoms with Gasteiger partial charge < -0.3 is 10.1 Å². The van der Waals surface area contributed by atoms with Gasteiger partial charge in [-0.05, 0) is 31.2 Å². The summed E-state index contributed by atoms with van der Waals surface area (Å²) in [4.78, 5) is 16.6. The normalized spacial score (nSPS) is 12.1. The fourth-order valence-electron chi connectivity index (χ4n) is 2.71. The number of anilines is 1. The number of hydrogen-bond acceptors (Lipinski definition) is 7. The molecule has 0 aliphatic rings. The monoisotopic (exact) mass is 365 g/mol. The predicted molar refractivity (Wildman–Crippen MR) is 96.8 cm³/mol. The van der Waals surface area contributed by atoms with Gasteiger partial charge in [-0.2, -0.15) is 0 Å². The summed E-state index contributed by atoms with van der Waals surface area (Å²) in [6, 6.07) is 7.13. The van der Waals surface area contributed by atoms with E-state index in [-0.39, 0.29) is 6.04 Å². The zero-order chi connectivity index (χ0) is 18.8. The Bertz CT molecular complexity index is 1080. The molecule has 4 rings (SSSR count). The van der Waals surface area contributed by atoms with Gasteiger partial charge in [0.2, 0.25) is 5.88 Å². The number of imidazole rings is 1. The van der Waals surface area contributed by atoms with Crippen LogP contribution in [0.15, 0.2) is 49.1 Å². The lowest BCUT2D eigenvalue weighted by molar-refractivity contribution is 0.399. The molecule has 4 aromatic rings. The van der Waals surface area contributed by atoms with Gasteiger partial charge >= 0.3 is 0 Å². The number of nitrogens with zero attached hydrogens (tertiary/aromatic N) is 6. The van der Waals surface area contributed by atoms with Crippen molar-refractivity contribution in [2.75, 3.05) is 12.4 Å². The minimum Gasteiger partial charge on any atom is -0.481 e. The van der Waals surface area contributed by atoms with E-state index in [1.807, 2.05) is 31.2 Å². The first kappa shape index (κ1) is 16.8. The highest BCUT2D eigenvalue weighted by Gasteiger charge is 2.14. The maximum absolute atomic E-state index is 13.0. The molecule has 0 aliphatic heterocycles. The van der Waals surface area contributed by atoms with Crippen molar-refractivity contribution in [3.05, 3.63) is 60.7 Å². The lowest BCUT2D eigenvalue weighted by Gasteiger charge is -2.13. The van der Waals surface area contributed by atoms with Crippen LogP contribution in [-0.4, -0.2) is 36.7 Å². The molecule has 0 aliphatic carbocycles. The van der Waals surface area contributed by atoms with Crippen molar-refractivity contribution in [1.29, 1.82) is 0 Å². The van der Waals surface area contributed by atoms with Crippen molar-refractivity contribution in [1.82, 2.24) is 29.5 Å². The van der Waals surface area contributed by atoms with Gasteiger partial charge in [0.1, 0.15) is 11.6 Å². The van der Waals surface area contributed by atoms with Gasteiger partial charge in [-0.1, -0.05) is 0 Å². The van der Waals surface area contributed by atoms with E-state index in [2.05, 4.69) is 30.4 Å². The SMILES string of the molecule is COc1ncccc1-c1cnc2ccc(N[C@H](C)c3ncc(F)cn3)nn12. The van der Waals surface area contributed by atoms with Crippen molar-refractivity contribution in [3.8, 4) is 17.1 Å². The van der Waals surface area contributed by atoms with E-state index >= 15 is 0 Å². The number of rotatable bonds is 5. The third kappa shape index (κ3) is 3.26. The van der Waals surface area contributed by atoms with Crippen molar-refractivity contribution in [2.45, 2.75) is 13.0 Å². The van der Waals surface area contributed by atoms with Crippen LogP contribution in [0.3, 0.4) is 0 Å². The highest BCUT2D eigenvalue weighted by Crippen LogP contribution is 2.28. The number of methoxy groups -OCH3 is 1. The molecular weight excluding hydrogens is 349 g/mol. The molecule has 1 N–H and O–H groups in total. The molecule has 0 aromatic carbocycles. The molecule has 136 valence electrons. The topological polar surface area (TPSA) is 90.1 Å². The lowest BCUT2D eigenvalue weighted by Crippen LogP contribution is -2.12. The van der Waals surface area contributed by atoms with E-state index in [1.165, 1.54) is 0 Å². The fourth-order valence-corrected chi connectivity index (χ4v) is 2.71. The van der Waals surface area contributed by atoms with Gasteiger partial charge in [0.15, 0.2) is 11.5 Å². The molecule has 0 amide bonds. The van der Waals surface area contributed by atoms with E-state index in [0.29, 0.717) is 23.2 Å². The van der Waals surface area contributed by atoms with E-state index in [1.54, 1.807) is 24.0 Å². The first-order valence-corrected chi connectivity index (χ1v) is 8.24. The lowest BCUT2D eigenvalue weighted by atomic mass is 10.2. The maximum atomic E-state index is 13.0. The quantitative estimate of drug-likeness (QED) is 0.581. The molecule has 0 fully saturated rings. The molecule has 0 saturated carbocycles. The maximum Gasteiger partial charge on any atom is 0.222 e. The number of halogens is 1. The molecule has 4 heterocycles. The third-order valence-corrected chi connectivity index (χ3v) is 3.99. The molecule has 9 heteroatoms. The highest BCUT2D eigenvalue weighted by atomic mass is 19.1. The summed E-state index contributed by atoms with van der Waals surface area (Å²) in [7, 11) is 1.57. The van der Waals surface area contributed by atoms with Crippen molar-refractivity contribution < 1.29 is 9.13 Å². The smallest absolute Gasteiger partial charge is 0.222 e. The molecule has 27 heavy (non-hydrogen) atoms. The van der Waals surface area contributed by atoms with Crippen LogP contribution in [0.25, 0.3) is 16.9 Å². The summed E-state index contributed by atoms with van der Waals surface area (Å²) < 4.78 is 20.0. The van der Waals surface area contributed by atoms with Crippen molar-refractivity contribution in [3.63, 3.8) is 0 Å². The molecule has 0 radical (unpaired) electrons. The predicted octanol–water partition coefficient (Wildman–Crippen LogP) is 2.90. The zero-order valence-electron chi connectivity index (χ0n) is 14.7. The van der Waals surface area contributed by atoms with Crippen LogP contribution in [0.5, 0.6) is 5.88 Å². The molecule has 0 spiro atoms. The van der Waals surface area contributed by atoms with Gasteiger partial charge in [-0.3, -0.25) is 0 Å². The van der Waals surface area contributed by atoms with Crippen LogP contribution < -0.4 is 10.1 Å². The minimum atomic E-state index is -0.473. The zero-order valence-corrected chi connectivity index (χ0v) is 14.7. The van der Waals surface area contributed by atoms with Gasteiger partial charge in [0.05, 0.1) is 43.0 Å². The van der Waals surface area contributed by atoms with Crippen LogP contribution in [0.2, 0.25) is 0 Å². The summed E-state index contributed by atoms with van der Waals surface area (Å²) in [6.45, 7) is 1.87. The van der Waals surface area contributed by atoms with Crippen LogP contribution in [-0.2, 0) is 0 Å². The van der Waals surface area contributed by atoms with Gasteiger partial charge in [0.25, 0.3) is 0 Å². The van der Waals surface area contributed by atoms with Gasteiger partial charge in [-0.25, -0.2) is 28.8 Å². The molecule has 4 aromatic heterocycles. The average molecular weight is 365 g/mol.